The van der Waals surface area contributed by atoms with Gasteiger partial charge in [-0.3, -0.25) is 9.69 Å². The Morgan fingerprint density at radius 3 is 3.08 bits per heavy atom. The highest BCUT2D eigenvalue weighted by molar-refractivity contribution is 7.98. The number of thioether (sulfide) groups is 1. The number of amides is 3. The zero-order valence-corrected chi connectivity index (χ0v) is 15.6. The lowest BCUT2D eigenvalue weighted by molar-refractivity contribution is -0.115. The quantitative estimate of drug-likeness (QED) is 0.728. The molecule has 0 unspecified atom stereocenters. The number of nitrogens with one attached hydrogen (secondary N) is 2. The first-order valence-electron chi connectivity index (χ1n) is 8.06. The summed E-state index contributed by atoms with van der Waals surface area (Å²) >= 11 is 3.35. The second kappa shape index (κ2) is 8.35. The van der Waals surface area contributed by atoms with Gasteiger partial charge in [-0.1, -0.05) is 6.07 Å². The molecule has 1 aromatic heterocycles. The molecule has 3 rings (SSSR count). The molecule has 3 amide bonds. The molecule has 0 saturated carbocycles. The number of hydrogen-bond donors (Lipinski definition) is 2. The lowest BCUT2D eigenvalue weighted by Gasteiger charge is -2.15. The number of hydrogen-bond acceptors (Lipinski definition) is 5. The summed E-state index contributed by atoms with van der Waals surface area (Å²) in [6, 6.07) is 7.27. The number of carbonyl (C=O) groups is 2. The van der Waals surface area contributed by atoms with Gasteiger partial charge in [0, 0.05) is 47.8 Å². The SMILES string of the molecule is Cc1nc(CSCCC(=O)Nc2cccc(N3CCNC3=O)c2)cs1. The second-order valence-electron chi connectivity index (χ2n) is 5.64. The Labute approximate surface area is 155 Å². The molecule has 8 heteroatoms. The van der Waals surface area contributed by atoms with Gasteiger partial charge in [-0.15, -0.1) is 11.3 Å². The number of aryl methyl sites for hydroxylation is 1. The standard InChI is InChI=1S/C17H20N4O2S2/c1-12-19-14(11-25-12)10-24-8-5-16(22)20-13-3-2-4-15(9-13)21-7-6-18-17(21)23/h2-4,9,11H,5-8,10H2,1H3,(H,18,23)(H,20,22). The van der Waals surface area contributed by atoms with E-state index in [-0.39, 0.29) is 11.9 Å². The maximum Gasteiger partial charge on any atom is 0.321 e. The summed E-state index contributed by atoms with van der Waals surface area (Å²) in [5.41, 5.74) is 2.58. The van der Waals surface area contributed by atoms with Crippen LogP contribution in [0.4, 0.5) is 16.2 Å². The first-order chi connectivity index (χ1) is 12.1. The molecule has 0 spiro atoms. The average molecular weight is 377 g/mol. The molecule has 1 saturated heterocycles. The van der Waals surface area contributed by atoms with Crippen LogP contribution in [-0.2, 0) is 10.5 Å². The molecule has 1 aliphatic heterocycles. The normalized spacial score (nSPS) is 13.8. The van der Waals surface area contributed by atoms with E-state index in [2.05, 4.69) is 21.0 Å². The molecule has 0 bridgehead atoms. The summed E-state index contributed by atoms with van der Waals surface area (Å²) < 4.78 is 0. The molecule has 1 fully saturated rings. The smallest absolute Gasteiger partial charge is 0.321 e. The van der Waals surface area contributed by atoms with E-state index in [1.807, 2.05) is 31.2 Å². The highest BCUT2D eigenvalue weighted by Crippen LogP contribution is 2.21. The molecule has 25 heavy (non-hydrogen) atoms. The summed E-state index contributed by atoms with van der Waals surface area (Å²) in [4.78, 5) is 29.9. The van der Waals surface area contributed by atoms with Crippen LogP contribution < -0.4 is 15.5 Å². The minimum Gasteiger partial charge on any atom is -0.336 e. The third-order valence-corrected chi connectivity index (χ3v) is 5.50. The van der Waals surface area contributed by atoms with Gasteiger partial charge in [0.1, 0.15) is 0 Å². The van der Waals surface area contributed by atoms with Crippen LogP contribution in [0.5, 0.6) is 0 Å². The van der Waals surface area contributed by atoms with Gasteiger partial charge >= 0.3 is 6.03 Å². The van der Waals surface area contributed by atoms with E-state index in [4.69, 9.17) is 0 Å². The number of thiazole rings is 1. The van der Waals surface area contributed by atoms with Crippen LogP contribution in [-0.4, -0.2) is 35.8 Å². The number of carbonyl (C=O) groups excluding carboxylic acids is 2. The van der Waals surface area contributed by atoms with Crippen molar-refractivity contribution in [2.24, 2.45) is 0 Å². The Morgan fingerprint density at radius 2 is 2.36 bits per heavy atom. The van der Waals surface area contributed by atoms with E-state index >= 15 is 0 Å². The molecule has 2 N–H and O–H groups in total. The first-order valence-corrected chi connectivity index (χ1v) is 10.1. The third kappa shape index (κ3) is 4.96. The van der Waals surface area contributed by atoms with E-state index in [0.29, 0.717) is 25.2 Å². The van der Waals surface area contributed by atoms with Crippen LogP contribution in [0.2, 0.25) is 0 Å². The molecule has 2 heterocycles. The number of benzene rings is 1. The number of rotatable bonds is 7. The highest BCUT2D eigenvalue weighted by Gasteiger charge is 2.21. The Hall–Kier alpha value is -2.06. The topological polar surface area (TPSA) is 74.3 Å². The monoisotopic (exact) mass is 376 g/mol. The van der Waals surface area contributed by atoms with Crippen molar-refractivity contribution >= 4 is 46.4 Å². The molecule has 132 valence electrons. The van der Waals surface area contributed by atoms with Crippen molar-refractivity contribution in [2.45, 2.75) is 19.1 Å². The van der Waals surface area contributed by atoms with Gasteiger partial charge in [-0.25, -0.2) is 9.78 Å². The Morgan fingerprint density at radius 1 is 1.48 bits per heavy atom. The predicted octanol–water partition coefficient (Wildman–Crippen LogP) is 3.24. The van der Waals surface area contributed by atoms with Crippen LogP contribution in [0, 0.1) is 6.92 Å². The largest absolute Gasteiger partial charge is 0.336 e. The second-order valence-corrected chi connectivity index (χ2v) is 7.81. The van der Waals surface area contributed by atoms with Crippen LogP contribution in [0.15, 0.2) is 29.6 Å². The van der Waals surface area contributed by atoms with Crippen molar-refractivity contribution in [3.63, 3.8) is 0 Å². The summed E-state index contributed by atoms with van der Waals surface area (Å²) in [6.07, 6.45) is 0.447. The van der Waals surface area contributed by atoms with Crippen LogP contribution in [0.25, 0.3) is 0 Å². The highest BCUT2D eigenvalue weighted by atomic mass is 32.2. The zero-order chi connectivity index (χ0) is 17.6. The van der Waals surface area contributed by atoms with Gasteiger partial charge in [-0.2, -0.15) is 11.8 Å². The molecule has 0 atom stereocenters. The van der Waals surface area contributed by atoms with Crippen molar-refractivity contribution in [1.82, 2.24) is 10.3 Å². The molecule has 0 radical (unpaired) electrons. The van der Waals surface area contributed by atoms with Gasteiger partial charge in [0.2, 0.25) is 5.91 Å². The molecule has 1 aliphatic rings. The van der Waals surface area contributed by atoms with Crippen molar-refractivity contribution in [2.75, 3.05) is 29.1 Å². The fourth-order valence-electron chi connectivity index (χ4n) is 2.51. The maximum atomic E-state index is 12.1. The van der Waals surface area contributed by atoms with Crippen molar-refractivity contribution in [3.8, 4) is 0 Å². The van der Waals surface area contributed by atoms with E-state index in [1.165, 1.54) is 0 Å². The average Bonchev–Trinajstić information content (AvgIpc) is 3.20. The van der Waals surface area contributed by atoms with Gasteiger partial charge < -0.3 is 10.6 Å². The van der Waals surface area contributed by atoms with Gasteiger partial charge in [-0.05, 0) is 25.1 Å². The number of anilines is 2. The number of aromatic nitrogens is 1. The number of urea groups is 1. The van der Waals surface area contributed by atoms with E-state index in [1.54, 1.807) is 28.0 Å². The number of nitrogens with zero attached hydrogens (tertiary/aromatic N) is 2. The fourth-order valence-corrected chi connectivity index (χ4v) is 4.06. The summed E-state index contributed by atoms with van der Waals surface area (Å²) in [6.45, 7) is 3.28. The summed E-state index contributed by atoms with van der Waals surface area (Å²) in [7, 11) is 0. The lowest BCUT2D eigenvalue weighted by Crippen LogP contribution is -2.27. The minimum absolute atomic E-state index is 0.0232. The molecular weight excluding hydrogens is 356 g/mol. The van der Waals surface area contributed by atoms with E-state index in [0.717, 1.165) is 27.9 Å². The van der Waals surface area contributed by atoms with Crippen molar-refractivity contribution in [1.29, 1.82) is 0 Å². The van der Waals surface area contributed by atoms with E-state index < -0.39 is 0 Å². The van der Waals surface area contributed by atoms with E-state index in [9.17, 15) is 9.59 Å². The maximum absolute atomic E-state index is 12.1. The van der Waals surface area contributed by atoms with Gasteiger partial charge in [0.15, 0.2) is 0 Å². The minimum atomic E-state index is -0.0999. The lowest BCUT2D eigenvalue weighted by atomic mass is 10.2. The third-order valence-electron chi connectivity index (χ3n) is 3.69. The van der Waals surface area contributed by atoms with Crippen LogP contribution in [0.3, 0.4) is 0 Å². The van der Waals surface area contributed by atoms with Crippen LogP contribution >= 0.6 is 23.1 Å². The van der Waals surface area contributed by atoms with Gasteiger partial charge in [0.25, 0.3) is 0 Å². The zero-order valence-electron chi connectivity index (χ0n) is 13.9. The van der Waals surface area contributed by atoms with Crippen molar-refractivity contribution < 1.29 is 9.59 Å². The molecule has 1 aromatic carbocycles. The predicted molar refractivity (Wildman–Crippen MR) is 103 cm³/mol. The fraction of sp³-hybridized carbons (Fsp3) is 0.353. The molecular formula is C17H20N4O2S2. The van der Waals surface area contributed by atoms with Crippen LogP contribution in [0.1, 0.15) is 17.1 Å². The Balaban J connectivity index is 1.45. The summed E-state index contributed by atoms with van der Waals surface area (Å²) in [5, 5.41) is 8.80. The molecule has 2 aromatic rings. The van der Waals surface area contributed by atoms with Crippen molar-refractivity contribution in [3.05, 3.63) is 40.3 Å². The molecule has 6 nitrogen and oxygen atoms in total. The molecule has 0 aliphatic carbocycles. The van der Waals surface area contributed by atoms with Gasteiger partial charge in [0.05, 0.1) is 10.7 Å². The summed E-state index contributed by atoms with van der Waals surface area (Å²) in [5.74, 6) is 1.55. The first kappa shape index (κ1) is 17.8. The Kier molecular flexibility index (Phi) is 5.93. The Bertz CT molecular complexity index is 763.